The number of hydrogen-bond acceptors (Lipinski definition) is 4. The number of allylic oxidation sites excluding steroid dienone is 4. The van der Waals surface area contributed by atoms with Crippen LogP contribution in [0.1, 0.15) is 113 Å². The van der Waals surface area contributed by atoms with E-state index in [-0.39, 0.29) is 17.5 Å². The molecule has 0 saturated heterocycles. The second-order valence-electron chi connectivity index (χ2n) is 10.5. The van der Waals surface area contributed by atoms with Crippen LogP contribution >= 0.6 is 0 Å². The van der Waals surface area contributed by atoms with Crippen molar-refractivity contribution in [3.05, 3.63) is 46.6 Å². The highest BCUT2D eigenvalue weighted by Crippen LogP contribution is 2.41. The lowest BCUT2D eigenvalue weighted by Crippen LogP contribution is -2.29. The molecule has 0 spiro atoms. The quantitative estimate of drug-likeness (QED) is 0.283. The van der Waals surface area contributed by atoms with Crippen LogP contribution in [0.15, 0.2) is 35.4 Å². The highest BCUT2D eigenvalue weighted by molar-refractivity contribution is 6.31. The lowest BCUT2D eigenvalue weighted by molar-refractivity contribution is 0.0969. The van der Waals surface area contributed by atoms with E-state index in [9.17, 15) is 9.59 Å². The number of benzene rings is 1. The predicted molar refractivity (Wildman–Crippen MR) is 149 cm³/mol. The SMILES string of the molecule is CCCCC(CC)CNc1ccc(NC[C@@H](CC)CCCC)c2c1C(=O)C1=C(C=CC[C@@H]1C)C2=O. The smallest absolute Gasteiger partial charge is 0.196 e. The van der Waals surface area contributed by atoms with Crippen molar-refractivity contribution in [1.29, 1.82) is 0 Å². The maximum absolute atomic E-state index is 13.9. The number of Topliss-reactive ketones (excluding diaryl/α,β-unsaturated/α-hetero) is 2. The van der Waals surface area contributed by atoms with Gasteiger partial charge in [-0.05, 0) is 49.1 Å². The highest BCUT2D eigenvalue weighted by atomic mass is 16.1. The fourth-order valence-electron chi connectivity index (χ4n) is 5.44. The van der Waals surface area contributed by atoms with E-state index in [1.54, 1.807) is 0 Å². The minimum Gasteiger partial charge on any atom is -0.384 e. The van der Waals surface area contributed by atoms with Gasteiger partial charge in [0.25, 0.3) is 0 Å². The number of anilines is 2. The summed E-state index contributed by atoms with van der Waals surface area (Å²) in [6, 6.07) is 4.02. The molecule has 0 bridgehead atoms. The van der Waals surface area contributed by atoms with E-state index < -0.39 is 0 Å². The number of carbonyl (C=O) groups excluding carboxylic acids is 2. The topological polar surface area (TPSA) is 58.2 Å². The molecule has 1 aromatic rings. The molecular weight excluding hydrogens is 432 g/mol. The van der Waals surface area contributed by atoms with Crippen molar-refractivity contribution in [1.82, 2.24) is 0 Å². The Bertz CT molecular complexity index is 959. The Balaban J connectivity index is 1.96. The molecule has 0 fully saturated rings. The first-order valence-electron chi connectivity index (χ1n) is 14.1. The monoisotopic (exact) mass is 478 g/mol. The fourth-order valence-corrected chi connectivity index (χ4v) is 5.44. The third-order valence-corrected chi connectivity index (χ3v) is 7.95. The first-order chi connectivity index (χ1) is 17.0. The van der Waals surface area contributed by atoms with Crippen LogP contribution in [0, 0.1) is 17.8 Å². The molecule has 4 nitrogen and oxygen atoms in total. The van der Waals surface area contributed by atoms with Gasteiger partial charge in [-0.2, -0.15) is 0 Å². The van der Waals surface area contributed by atoms with Crippen LogP contribution in [0.2, 0.25) is 0 Å². The molecule has 2 aliphatic carbocycles. The standard InChI is InChI=1S/C31H46N2O2/c1-6-10-14-22(8-3)19-32-25-17-18-26(33-20-23(9-4)15-11-7-2)29-28(25)30(34)24-16-12-13-21(5)27(24)31(29)35/h12,16-18,21-23,32-33H,6-11,13-15,19-20H2,1-5H3/t21-,22-,23?/m0/s1. The number of fused-ring (bicyclic) bond motifs is 1. The van der Waals surface area contributed by atoms with Gasteiger partial charge in [-0.1, -0.05) is 85.3 Å². The Kier molecular flexibility index (Phi) is 10.2. The normalized spacial score (nSPS) is 18.8. The maximum Gasteiger partial charge on any atom is 0.196 e. The number of nitrogens with one attached hydrogen (secondary N) is 2. The van der Waals surface area contributed by atoms with E-state index in [2.05, 4.69) is 45.3 Å². The molecule has 3 rings (SSSR count). The second-order valence-corrected chi connectivity index (χ2v) is 10.5. The molecule has 0 radical (unpaired) electrons. The van der Waals surface area contributed by atoms with Crippen LogP contribution in [0.4, 0.5) is 11.4 Å². The lowest BCUT2D eigenvalue weighted by atomic mass is 9.75. The molecule has 0 aromatic heterocycles. The van der Waals surface area contributed by atoms with Gasteiger partial charge >= 0.3 is 0 Å². The maximum atomic E-state index is 13.9. The molecular formula is C31H46N2O2. The minimum absolute atomic E-state index is 0.0109. The van der Waals surface area contributed by atoms with Gasteiger partial charge in [0.15, 0.2) is 11.6 Å². The summed E-state index contributed by atoms with van der Waals surface area (Å²) in [6.45, 7) is 12.6. The van der Waals surface area contributed by atoms with Crippen molar-refractivity contribution in [2.45, 2.75) is 92.4 Å². The van der Waals surface area contributed by atoms with Gasteiger partial charge in [0, 0.05) is 35.6 Å². The summed E-state index contributed by atoms with van der Waals surface area (Å²) < 4.78 is 0. The minimum atomic E-state index is -0.0109. The first kappa shape index (κ1) is 27.2. The molecule has 2 aliphatic rings. The summed E-state index contributed by atoms with van der Waals surface area (Å²) in [4.78, 5) is 27.7. The molecule has 35 heavy (non-hydrogen) atoms. The number of ketones is 2. The molecule has 3 atom stereocenters. The highest BCUT2D eigenvalue weighted by Gasteiger charge is 2.38. The summed E-state index contributed by atoms with van der Waals surface area (Å²) in [6.07, 6.45) is 14.1. The van der Waals surface area contributed by atoms with Crippen LogP contribution in [-0.4, -0.2) is 24.7 Å². The van der Waals surface area contributed by atoms with Gasteiger partial charge in [0.1, 0.15) is 0 Å². The zero-order valence-electron chi connectivity index (χ0n) is 22.6. The van der Waals surface area contributed by atoms with Crippen molar-refractivity contribution in [3.8, 4) is 0 Å². The predicted octanol–water partition coefficient (Wildman–Crippen LogP) is 8.21. The van der Waals surface area contributed by atoms with Crippen molar-refractivity contribution in [3.63, 3.8) is 0 Å². The van der Waals surface area contributed by atoms with Crippen LogP contribution < -0.4 is 10.6 Å². The Hall–Kier alpha value is -2.36. The van der Waals surface area contributed by atoms with Crippen LogP contribution in [-0.2, 0) is 0 Å². The number of unbranched alkanes of at least 4 members (excludes halogenated alkanes) is 2. The molecule has 0 aliphatic heterocycles. The van der Waals surface area contributed by atoms with Crippen LogP contribution in [0.5, 0.6) is 0 Å². The van der Waals surface area contributed by atoms with Crippen LogP contribution in [0.3, 0.4) is 0 Å². The summed E-state index contributed by atoms with van der Waals surface area (Å²) >= 11 is 0. The Morgan fingerprint density at radius 3 is 1.83 bits per heavy atom. The van der Waals surface area contributed by atoms with E-state index in [1.807, 2.05) is 24.3 Å². The number of hydrogen-bond donors (Lipinski definition) is 2. The Labute approximate surface area is 213 Å². The van der Waals surface area contributed by atoms with Crippen molar-refractivity contribution in [2.24, 2.45) is 17.8 Å². The lowest BCUT2D eigenvalue weighted by Gasteiger charge is -2.30. The second kappa shape index (κ2) is 13.1. The van der Waals surface area contributed by atoms with E-state index in [1.165, 1.54) is 38.5 Å². The van der Waals surface area contributed by atoms with Gasteiger partial charge in [-0.25, -0.2) is 0 Å². The molecule has 192 valence electrons. The summed E-state index contributed by atoms with van der Waals surface area (Å²) in [5.74, 6) is 1.20. The Morgan fingerprint density at radius 1 is 0.829 bits per heavy atom. The summed E-state index contributed by atoms with van der Waals surface area (Å²) in [7, 11) is 0. The van der Waals surface area contributed by atoms with Crippen molar-refractivity contribution in [2.75, 3.05) is 23.7 Å². The third-order valence-electron chi connectivity index (χ3n) is 7.95. The summed E-state index contributed by atoms with van der Waals surface area (Å²) in [5, 5.41) is 7.16. The average Bonchev–Trinajstić information content (AvgIpc) is 2.87. The molecule has 2 N–H and O–H groups in total. The molecule has 0 amide bonds. The van der Waals surface area contributed by atoms with E-state index >= 15 is 0 Å². The first-order valence-corrected chi connectivity index (χ1v) is 14.1. The third kappa shape index (κ3) is 6.26. The summed E-state index contributed by atoms with van der Waals surface area (Å²) in [5.41, 5.74) is 4.03. The number of rotatable bonds is 14. The zero-order valence-corrected chi connectivity index (χ0v) is 22.6. The van der Waals surface area contributed by atoms with E-state index in [0.717, 1.165) is 43.7 Å². The van der Waals surface area contributed by atoms with Crippen LogP contribution in [0.25, 0.3) is 0 Å². The average molecular weight is 479 g/mol. The number of carbonyl (C=O) groups is 2. The Morgan fingerprint density at radius 2 is 1.34 bits per heavy atom. The van der Waals surface area contributed by atoms with Gasteiger partial charge in [0.05, 0.1) is 11.1 Å². The van der Waals surface area contributed by atoms with E-state index in [0.29, 0.717) is 34.1 Å². The zero-order chi connectivity index (χ0) is 25.4. The molecule has 4 heteroatoms. The molecule has 0 saturated carbocycles. The largest absolute Gasteiger partial charge is 0.384 e. The van der Waals surface area contributed by atoms with Crippen molar-refractivity contribution < 1.29 is 9.59 Å². The molecule has 1 aromatic carbocycles. The van der Waals surface area contributed by atoms with Gasteiger partial charge in [-0.3, -0.25) is 9.59 Å². The van der Waals surface area contributed by atoms with E-state index in [4.69, 9.17) is 0 Å². The van der Waals surface area contributed by atoms with Crippen molar-refractivity contribution >= 4 is 22.9 Å². The van der Waals surface area contributed by atoms with Gasteiger partial charge in [-0.15, -0.1) is 0 Å². The molecule has 1 unspecified atom stereocenters. The van der Waals surface area contributed by atoms with Gasteiger partial charge in [0.2, 0.25) is 0 Å². The van der Waals surface area contributed by atoms with Gasteiger partial charge < -0.3 is 10.6 Å². The fraction of sp³-hybridized carbons (Fsp3) is 0.613. The molecule has 0 heterocycles.